The molecule has 1 aliphatic rings. The van der Waals surface area contributed by atoms with Gasteiger partial charge in [0.25, 0.3) is 0 Å². The molecule has 0 spiro atoms. The number of carbonyl (C=O) groups excluding carboxylic acids is 1. The monoisotopic (exact) mass is 353 g/mol. The lowest BCUT2D eigenvalue weighted by atomic mass is 10.1. The van der Waals surface area contributed by atoms with Crippen molar-refractivity contribution in [3.63, 3.8) is 0 Å². The van der Waals surface area contributed by atoms with E-state index in [1.807, 2.05) is 36.6 Å². The second-order valence-electron chi connectivity index (χ2n) is 5.48. The standard InChI is InChI=1S/C18H15N3O3S/c1-11-19-15(9-25-11)12-3-2-4-13(7-12)20-18(22)21-14-5-6-16-17(8-14)24-10-23-16/h2-9H,10H2,1H3,(H2,20,21,22). The molecule has 0 radical (unpaired) electrons. The lowest BCUT2D eigenvalue weighted by molar-refractivity contribution is 0.174. The van der Waals surface area contributed by atoms with Crippen LogP contribution in [0.4, 0.5) is 16.2 Å². The summed E-state index contributed by atoms with van der Waals surface area (Å²) in [4.78, 5) is 16.7. The molecule has 4 rings (SSSR count). The predicted octanol–water partition coefficient (Wildman–Crippen LogP) is 4.49. The Labute approximate surface area is 148 Å². The van der Waals surface area contributed by atoms with Crippen LogP contribution in [-0.4, -0.2) is 17.8 Å². The van der Waals surface area contributed by atoms with Crippen LogP contribution in [0.15, 0.2) is 47.8 Å². The number of aromatic nitrogens is 1. The first-order valence-electron chi connectivity index (χ1n) is 7.67. The molecule has 2 N–H and O–H groups in total. The fourth-order valence-electron chi connectivity index (χ4n) is 2.52. The molecule has 0 atom stereocenters. The third-order valence-corrected chi connectivity index (χ3v) is 4.44. The normalized spacial score (nSPS) is 12.0. The Morgan fingerprint density at radius 2 is 1.88 bits per heavy atom. The number of aryl methyl sites for hydroxylation is 1. The Morgan fingerprint density at radius 3 is 2.68 bits per heavy atom. The van der Waals surface area contributed by atoms with E-state index in [2.05, 4.69) is 15.6 Å². The van der Waals surface area contributed by atoms with Gasteiger partial charge >= 0.3 is 6.03 Å². The summed E-state index contributed by atoms with van der Waals surface area (Å²) in [5.41, 5.74) is 3.20. The van der Waals surface area contributed by atoms with Crippen LogP contribution in [0.5, 0.6) is 11.5 Å². The number of thiazole rings is 1. The molecule has 0 saturated carbocycles. The summed E-state index contributed by atoms with van der Waals surface area (Å²) in [5.74, 6) is 1.30. The SMILES string of the molecule is Cc1nc(-c2cccc(NC(=O)Nc3ccc4c(c3)OCO4)c2)cs1. The molecule has 25 heavy (non-hydrogen) atoms. The van der Waals surface area contributed by atoms with Crippen LogP contribution in [-0.2, 0) is 0 Å². The first kappa shape index (κ1) is 15.5. The van der Waals surface area contributed by atoms with Crippen molar-refractivity contribution in [1.82, 2.24) is 4.98 Å². The molecule has 0 unspecified atom stereocenters. The van der Waals surface area contributed by atoms with Gasteiger partial charge in [0.2, 0.25) is 6.79 Å². The number of nitrogens with zero attached hydrogens (tertiary/aromatic N) is 1. The molecule has 7 heteroatoms. The Bertz CT molecular complexity index is 939. The summed E-state index contributed by atoms with van der Waals surface area (Å²) in [7, 11) is 0. The Balaban J connectivity index is 1.46. The van der Waals surface area contributed by atoms with Crippen LogP contribution < -0.4 is 20.1 Å². The van der Waals surface area contributed by atoms with Gasteiger partial charge in [-0.15, -0.1) is 11.3 Å². The molecule has 2 aromatic carbocycles. The minimum atomic E-state index is -0.328. The number of ether oxygens (including phenoxy) is 2. The molecule has 6 nitrogen and oxygen atoms in total. The van der Waals surface area contributed by atoms with Crippen LogP contribution >= 0.6 is 11.3 Å². The van der Waals surface area contributed by atoms with Gasteiger partial charge in [0.1, 0.15) is 0 Å². The minimum Gasteiger partial charge on any atom is -0.454 e. The van der Waals surface area contributed by atoms with E-state index in [0.29, 0.717) is 22.9 Å². The summed E-state index contributed by atoms with van der Waals surface area (Å²) in [6, 6.07) is 12.5. The largest absolute Gasteiger partial charge is 0.454 e. The third-order valence-electron chi connectivity index (χ3n) is 3.67. The highest BCUT2D eigenvalue weighted by molar-refractivity contribution is 7.09. The summed E-state index contributed by atoms with van der Waals surface area (Å²) in [5, 5.41) is 8.62. The quantitative estimate of drug-likeness (QED) is 0.728. The number of nitrogens with one attached hydrogen (secondary N) is 2. The van der Waals surface area contributed by atoms with Crippen molar-refractivity contribution in [2.24, 2.45) is 0 Å². The number of benzene rings is 2. The molecule has 0 aliphatic carbocycles. The maximum absolute atomic E-state index is 12.2. The lowest BCUT2D eigenvalue weighted by Crippen LogP contribution is -2.19. The Kier molecular flexibility index (Phi) is 3.99. The number of anilines is 2. The molecule has 1 aliphatic heterocycles. The van der Waals surface area contributed by atoms with Gasteiger partial charge in [0.15, 0.2) is 11.5 Å². The number of fused-ring (bicyclic) bond motifs is 1. The van der Waals surface area contributed by atoms with Gasteiger partial charge in [0.05, 0.1) is 10.7 Å². The van der Waals surface area contributed by atoms with Gasteiger partial charge < -0.3 is 20.1 Å². The number of amides is 2. The number of carbonyl (C=O) groups is 1. The van der Waals surface area contributed by atoms with Gasteiger partial charge in [-0.25, -0.2) is 9.78 Å². The van der Waals surface area contributed by atoms with Crippen molar-refractivity contribution < 1.29 is 14.3 Å². The Hall–Kier alpha value is -3.06. The summed E-state index contributed by atoms with van der Waals surface area (Å²) in [6.07, 6.45) is 0. The average molecular weight is 353 g/mol. The molecule has 126 valence electrons. The van der Waals surface area contributed by atoms with Crippen LogP contribution in [0.1, 0.15) is 5.01 Å². The zero-order valence-corrected chi connectivity index (χ0v) is 14.2. The van der Waals surface area contributed by atoms with E-state index in [0.717, 1.165) is 16.3 Å². The molecule has 2 heterocycles. The maximum atomic E-state index is 12.2. The van der Waals surface area contributed by atoms with Crippen LogP contribution in [0.2, 0.25) is 0 Å². The molecular weight excluding hydrogens is 338 g/mol. The second kappa shape index (κ2) is 6.45. The Morgan fingerprint density at radius 1 is 1.08 bits per heavy atom. The van der Waals surface area contributed by atoms with Crippen LogP contribution in [0.25, 0.3) is 11.3 Å². The van der Waals surface area contributed by atoms with Gasteiger partial charge in [-0.1, -0.05) is 12.1 Å². The second-order valence-corrected chi connectivity index (χ2v) is 6.54. The van der Waals surface area contributed by atoms with Crippen molar-refractivity contribution in [3.05, 3.63) is 52.9 Å². The molecule has 1 aromatic heterocycles. The van der Waals surface area contributed by atoms with Crippen molar-refractivity contribution in [1.29, 1.82) is 0 Å². The fourth-order valence-corrected chi connectivity index (χ4v) is 3.14. The molecule has 3 aromatic rings. The molecule has 0 bridgehead atoms. The van der Waals surface area contributed by atoms with Crippen molar-refractivity contribution in [2.45, 2.75) is 6.92 Å². The highest BCUT2D eigenvalue weighted by Crippen LogP contribution is 2.34. The highest BCUT2D eigenvalue weighted by Gasteiger charge is 2.14. The van der Waals surface area contributed by atoms with E-state index in [9.17, 15) is 4.79 Å². The zero-order valence-electron chi connectivity index (χ0n) is 13.4. The fraction of sp³-hybridized carbons (Fsp3) is 0.111. The van der Waals surface area contributed by atoms with Gasteiger partial charge in [0, 0.05) is 28.4 Å². The number of hydrogen-bond donors (Lipinski definition) is 2. The highest BCUT2D eigenvalue weighted by atomic mass is 32.1. The van der Waals surface area contributed by atoms with Crippen molar-refractivity contribution >= 4 is 28.7 Å². The summed E-state index contributed by atoms with van der Waals surface area (Å²) >= 11 is 1.60. The first-order chi connectivity index (χ1) is 12.2. The van der Waals surface area contributed by atoms with Gasteiger partial charge in [-0.2, -0.15) is 0 Å². The third kappa shape index (κ3) is 3.41. The lowest BCUT2D eigenvalue weighted by Gasteiger charge is -2.09. The number of hydrogen-bond acceptors (Lipinski definition) is 5. The van der Waals surface area contributed by atoms with Crippen molar-refractivity contribution in [2.75, 3.05) is 17.4 Å². The molecule has 0 saturated heterocycles. The van der Waals surface area contributed by atoms with Crippen LogP contribution in [0.3, 0.4) is 0 Å². The van der Waals surface area contributed by atoms with E-state index in [4.69, 9.17) is 9.47 Å². The van der Waals surface area contributed by atoms with E-state index in [-0.39, 0.29) is 12.8 Å². The van der Waals surface area contributed by atoms with E-state index < -0.39 is 0 Å². The van der Waals surface area contributed by atoms with Crippen molar-refractivity contribution in [3.8, 4) is 22.8 Å². The average Bonchev–Trinajstić information content (AvgIpc) is 3.23. The number of rotatable bonds is 3. The topological polar surface area (TPSA) is 72.5 Å². The number of urea groups is 1. The van der Waals surface area contributed by atoms with E-state index in [1.54, 1.807) is 29.5 Å². The predicted molar refractivity (Wildman–Crippen MR) is 97.5 cm³/mol. The van der Waals surface area contributed by atoms with Gasteiger partial charge in [-0.3, -0.25) is 0 Å². The van der Waals surface area contributed by atoms with E-state index in [1.165, 1.54) is 0 Å². The van der Waals surface area contributed by atoms with E-state index >= 15 is 0 Å². The summed E-state index contributed by atoms with van der Waals surface area (Å²) in [6.45, 7) is 2.17. The minimum absolute atomic E-state index is 0.202. The zero-order chi connectivity index (χ0) is 17.2. The maximum Gasteiger partial charge on any atom is 0.323 e. The summed E-state index contributed by atoms with van der Waals surface area (Å²) < 4.78 is 10.6. The molecular formula is C18H15N3O3S. The van der Waals surface area contributed by atoms with Gasteiger partial charge in [-0.05, 0) is 31.2 Å². The molecule has 0 fully saturated rings. The molecule has 2 amide bonds. The smallest absolute Gasteiger partial charge is 0.323 e. The first-order valence-corrected chi connectivity index (χ1v) is 8.55. The van der Waals surface area contributed by atoms with Crippen LogP contribution in [0, 0.1) is 6.92 Å².